The first-order valence-corrected chi connectivity index (χ1v) is 8.15. The molecule has 1 aromatic heterocycles. The van der Waals surface area contributed by atoms with Crippen LogP contribution >= 0.6 is 0 Å². The van der Waals surface area contributed by atoms with Gasteiger partial charge in [0.15, 0.2) is 0 Å². The lowest BCUT2D eigenvalue weighted by Gasteiger charge is -2.26. The first kappa shape index (κ1) is 18.8. The minimum absolute atomic E-state index is 0.141. The van der Waals surface area contributed by atoms with Gasteiger partial charge in [0.25, 0.3) is 11.8 Å². The van der Waals surface area contributed by atoms with Crippen molar-refractivity contribution in [2.24, 2.45) is 0 Å². The number of alkyl halides is 3. The summed E-state index contributed by atoms with van der Waals surface area (Å²) in [5, 5.41) is 2.49. The van der Waals surface area contributed by atoms with Crippen LogP contribution in [0.3, 0.4) is 0 Å². The van der Waals surface area contributed by atoms with Crippen LogP contribution in [0.5, 0.6) is 0 Å². The van der Waals surface area contributed by atoms with E-state index in [1.165, 1.54) is 12.1 Å². The van der Waals surface area contributed by atoms with Crippen molar-refractivity contribution in [3.63, 3.8) is 0 Å². The van der Waals surface area contributed by atoms with Crippen LogP contribution in [-0.2, 0) is 10.9 Å². The number of amides is 2. The van der Waals surface area contributed by atoms with E-state index in [0.717, 1.165) is 12.3 Å². The van der Waals surface area contributed by atoms with E-state index in [9.17, 15) is 22.8 Å². The summed E-state index contributed by atoms with van der Waals surface area (Å²) in [5.74, 6) is -0.862. The van der Waals surface area contributed by atoms with Crippen LogP contribution in [0.15, 0.2) is 42.7 Å². The molecule has 142 valence electrons. The van der Waals surface area contributed by atoms with Gasteiger partial charge in [0.05, 0.1) is 24.3 Å². The van der Waals surface area contributed by atoms with Crippen LogP contribution < -0.4 is 5.32 Å². The van der Waals surface area contributed by atoms with Gasteiger partial charge in [-0.2, -0.15) is 13.2 Å². The number of hydrogen-bond donors (Lipinski definition) is 1. The second kappa shape index (κ2) is 7.75. The predicted molar refractivity (Wildman–Crippen MR) is 90.4 cm³/mol. The third-order valence-corrected chi connectivity index (χ3v) is 4.02. The van der Waals surface area contributed by atoms with Crippen molar-refractivity contribution >= 4 is 17.5 Å². The van der Waals surface area contributed by atoms with Crippen LogP contribution in [0.25, 0.3) is 0 Å². The van der Waals surface area contributed by atoms with Crippen molar-refractivity contribution in [2.75, 3.05) is 31.6 Å². The average Bonchev–Trinajstić information content (AvgIpc) is 2.68. The van der Waals surface area contributed by atoms with Gasteiger partial charge in [-0.1, -0.05) is 0 Å². The van der Waals surface area contributed by atoms with Crippen molar-refractivity contribution in [2.45, 2.75) is 6.18 Å². The number of morpholine rings is 1. The Labute approximate surface area is 152 Å². The van der Waals surface area contributed by atoms with Gasteiger partial charge in [-0.25, -0.2) is 0 Å². The highest BCUT2D eigenvalue weighted by Gasteiger charge is 2.31. The van der Waals surface area contributed by atoms with Crippen molar-refractivity contribution in [3.05, 3.63) is 59.4 Å². The Hall–Kier alpha value is -2.94. The first-order chi connectivity index (χ1) is 12.8. The first-order valence-electron chi connectivity index (χ1n) is 8.15. The van der Waals surface area contributed by atoms with E-state index >= 15 is 0 Å². The SMILES string of the molecule is O=C(Nc1ccc(C(=O)N2CCOCC2)cc1)c1cncc(C(F)(F)F)c1. The molecule has 2 aromatic rings. The number of nitrogens with zero attached hydrogens (tertiary/aromatic N) is 2. The zero-order valence-corrected chi connectivity index (χ0v) is 14.1. The number of anilines is 1. The second-order valence-corrected chi connectivity index (χ2v) is 5.90. The quantitative estimate of drug-likeness (QED) is 0.890. The summed E-state index contributed by atoms with van der Waals surface area (Å²) in [7, 11) is 0. The van der Waals surface area contributed by atoms with E-state index in [-0.39, 0.29) is 11.5 Å². The molecule has 0 bridgehead atoms. The standard InChI is InChI=1S/C18H16F3N3O3/c19-18(20,21)14-9-13(10-22-11-14)16(25)23-15-3-1-12(2-4-15)17(26)24-5-7-27-8-6-24/h1-4,9-11H,5-8H2,(H,23,25). The highest BCUT2D eigenvalue weighted by molar-refractivity contribution is 6.04. The van der Waals surface area contributed by atoms with Crippen molar-refractivity contribution in [1.29, 1.82) is 0 Å². The molecule has 0 aliphatic carbocycles. The summed E-state index contributed by atoms with van der Waals surface area (Å²) in [4.78, 5) is 29.6. The molecule has 1 saturated heterocycles. The van der Waals surface area contributed by atoms with Crippen LogP contribution in [0.4, 0.5) is 18.9 Å². The number of halogens is 3. The van der Waals surface area contributed by atoms with Gasteiger partial charge in [-0.05, 0) is 30.3 Å². The second-order valence-electron chi connectivity index (χ2n) is 5.90. The van der Waals surface area contributed by atoms with Crippen molar-refractivity contribution < 1.29 is 27.5 Å². The van der Waals surface area contributed by atoms with Gasteiger partial charge in [0, 0.05) is 36.7 Å². The molecule has 9 heteroatoms. The Morgan fingerprint density at radius 1 is 1.04 bits per heavy atom. The van der Waals surface area contributed by atoms with Gasteiger partial charge in [-0.3, -0.25) is 14.6 Å². The lowest BCUT2D eigenvalue weighted by Crippen LogP contribution is -2.40. The van der Waals surface area contributed by atoms with E-state index in [4.69, 9.17) is 4.74 Å². The normalized spacial score (nSPS) is 14.7. The highest BCUT2D eigenvalue weighted by atomic mass is 19.4. The fourth-order valence-electron chi connectivity index (χ4n) is 2.57. The van der Waals surface area contributed by atoms with Gasteiger partial charge in [-0.15, -0.1) is 0 Å². The zero-order chi connectivity index (χ0) is 19.4. The summed E-state index contributed by atoms with van der Waals surface area (Å²) in [6.45, 7) is 2.01. The number of pyridine rings is 1. The monoisotopic (exact) mass is 379 g/mol. The highest BCUT2D eigenvalue weighted by Crippen LogP contribution is 2.29. The maximum absolute atomic E-state index is 12.7. The van der Waals surface area contributed by atoms with Crippen molar-refractivity contribution in [3.8, 4) is 0 Å². The molecule has 2 heterocycles. The molecule has 1 aliphatic heterocycles. The molecule has 6 nitrogen and oxygen atoms in total. The van der Waals surface area contributed by atoms with Gasteiger partial charge < -0.3 is 15.0 Å². The maximum Gasteiger partial charge on any atom is 0.417 e. The zero-order valence-electron chi connectivity index (χ0n) is 14.1. The van der Waals surface area contributed by atoms with Gasteiger partial charge in [0.2, 0.25) is 0 Å². The number of aromatic nitrogens is 1. The van der Waals surface area contributed by atoms with Gasteiger partial charge >= 0.3 is 6.18 Å². The Bertz CT molecular complexity index is 832. The van der Waals surface area contributed by atoms with Gasteiger partial charge in [0.1, 0.15) is 0 Å². The molecular weight excluding hydrogens is 363 g/mol. The number of ether oxygens (including phenoxy) is 1. The number of benzene rings is 1. The molecule has 1 fully saturated rings. The fraction of sp³-hybridized carbons (Fsp3) is 0.278. The third-order valence-electron chi connectivity index (χ3n) is 4.02. The van der Waals surface area contributed by atoms with Crippen LogP contribution in [0.1, 0.15) is 26.3 Å². The molecule has 0 saturated carbocycles. The van der Waals surface area contributed by atoms with Crippen LogP contribution in [0.2, 0.25) is 0 Å². The lowest BCUT2D eigenvalue weighted by molar-refractivity contribution is -0.137. The molecule has 27 heavy (non-hydrogen) atoms. The molecule has 0 unspecified atom stereocenters. The molecular formula is C18H16F3N3O3. The Kier molecular flexibility index (Phi) is 5.41. The topological polar surface area (TPSA) is 71.5 Å². The van der Waals surface area contributed by atoms with Crippen LogP contribution in [-0.4, -0.2) is 48.0 Å². The van der Waals surface area contributed by atoms with Crippen LogP contribution in [0, 0.1) is 0 Å². The number of carbonyl (C=O) groups is 2. The maximum atomic E-state index is 12.7. The number of nitrogens with one attached hydrogen (secondary N) is 1. The molecule has 0 atom stereocenters. The molecule has 3 rings (SSSR count). The fourth-order valence-corrected chi connectivity index (χ4v) is 2.57. The summed E-state index contributed by atoms with van der Waals surface area (Å²) in [6, 6.07) is 6.88. The van der Waals surface area contributed by atoms with E-state index < -0.39 is 17.6 Å². The van der Waals surface area contributed by atoms with E-state index in [2.05, 4.69) is 10.3 Å². The number of rotatable bonds is 3. The molecule has 1 aromatic carbocycles. The molecule has 0 spiro atoms. The third kappa shape index (κ3) is 4.62. The summed E-state index contributed by atoms with van der Waals surface area (Å²) < 4.78 is 43.4. The Balaban J connectivity index is 1.67. The molecule has 2 amide bonds. The molecule has 1 N–H and O–H groups in total. The minimum Gasteiger partial charge on any atom is -0.378 e. The minimum atomic E-state index is -4.58. The van der Waals surface area contributed by atoms with E-state index in [1.807, 2.05) is 0 Å². The Morgan fingerprint density at radius 3 is 2.33 bits per heavy atom. The summed E-state index contributed by atoms with van der Waals surface area (Å²) >= 11 is 0. The Morgan fingerprint density at radius 2 is 1.70 bits per heavy atom. The molecule has 0 radical (unpaired) electrons. The predicted octanol–water partition coefficient (Wildman–Crippen LogP) is 2.83. The lowest BCUT2D eigenvalue weighted by atomic mass is 10.1. The van der Waals surface area contributed by atoms with E-state index in [1.54, 1.807) is 17.0 Å². The smallest absolute Gasteiger partial charge is 0.378 e. The average molecular weight is 379 g/mol. The number of hydrogen-bond acceptors (Lipinski definition) is 4. The summed E-state index contributed by atoms with van der Waals surface area (Å²) in [5.41, 5.74) is -0.397. The van der Waals surface area contributed by atoms with Crippen molar-refractivity contribution in [1.82, 2.24) is 9.88 Å². The number of carbonyl (C=O) groups excluding carboxylic acids is 2. The summed E-state index contributed by atoms with van der Waals surface area (Å²) in [6.07, 6.45) is -2.87. The molecule has 1 aliphatic rings. The van der Waals surface area contributed by atoms with E-state index in [0.29, 0.717) is 43.8 Å². The largest absolute Gasteiger partial charge is 0.417 e.